The number of aryl methyl sites for hydroxylation is 1. The molecule has 2 aromatic rings. The van der Waals surface area contributed by atoms with E-state index in [1.165, 1.54) is 11.1 Å². The van der Waals surface area contributed by atoms with Crippen LogP contribution in [0, 0.1) is 6.92 Å². The lowest BCUT2D eigenvalue weighted by Gasteiger charge is -2.22. The van der Waals surface area contributed by atoms with Gasteiger partial charge in [0.1, 0.15) is 0 Å². The molecule has 2 aromatic carbocycles. The molecule has 2 amide bonds. The molecule has 0 aliphatic carbocycles. The minimum Gasteiger partial charge on any atom is -0.343 e. The van der Waals surface area contributed by atoms with Crippen LogP contribution in [0.1, 0.15) is 27.9 Å². The molecule has 0 radical (unpaired) electrons. The van der Waals surface area contributed by atoms with Crippen LogP contribution in [0.4, 0.5) is 0 Å². The van der Waals surface area contributed by atoms with E-state index < -0.39 is 0 Å². The van der Waals surface area contributed by atoms with Crippen molar-refractivity contribution in [1.29, 1.82) is 0 Å². The number of rotatable bonds is 5. The summed E-state index contributed by atoms with van der Waals surface area (Å²) in [6.45, 7) is 6.27. The van der Waals surface area contributed by atoms with Crippen molar-refractivity contribution in [3.05, 3.63) is 69.7 Å². The van der Waals surface area contributed by atoms with Gasteiger partial charge in [-0.1, -0.05) is 51.8 Å². The molecule has 5 nitrogen and oxygen atoms in total. The lowest BCUT2D eigenvalue weighted by molar-refractivity contribution is -0.130. The second-order valence-electron chi connectivity index (χ2n) is 7.19. The normalized spacial score (nSPS) is 15.1. The Morgan fingerprint density at radius 3 is 2.57 bits per heavy atom. The van der Waals surface area contributed by atoms with Crippen LogP contribution in [-0.4, -0.2) is 54.3 Å². The van der Waals surface area contributed by atoms with Gasteiger partial charge in [-0.3, -0.25) is 14.5 Å². The molecule has 0 saturated carbocycles. The van der Waals surface area contributed by atoms with Crippen LogP contribution in [-0.2, 0) is 11.3 Å². The van der Waals surface area contributed by atoms with E-state index in [4.69, 9.17) is 0 Å². The summed E-state index contributed by atoms with van der Waals surface area (Å²) in [4.78, 5) is 29.0. The van der Waals surface area contributed by atoms with E-state index in [2.05, 4.69) is 57.3 Å². The molecule has 0 spiro atoms. The van der Waals surface area contributed by atoms with E-state index in [-0.39, 0.29) is 18.4 Å². The van der Waals surface area contributed by atoms with Gasteiger partial charge in [-0.15, -0.1) is 0 Å². The van der Waals surface area contributed by atoms with Crippen LogP contribution in [0.25, 0.3) is 0 Å². The minimum atomic E-state index is -0.231. The van der Waals surface area contributed by atoms with Gasteiger partial charge < -0.3 is 10.2 Å². The highest BCUT2D eigenvalue weighted by molar-refractivity contribution is 9.10. The molecule has 0 bridgehead atoms. The Bertz CT molecular complexity index is 823. The Balaban J connectivity index is 1.47. The van der Waals surface area contributed by atoms with Crippen molar-refractivity contribution >= 4 is 27.7 Å². The number of nitrogens with one attached hydrogen (secondary N) is 1. The zero-order chi connectivity index (χ0) is 19.9. The molecular weight excluding hydrogens is 418 g/mol. The number of hydrogen-bond acceptors (Lipinski definition) is 3. The third-order valence-electron chi connectivity index (χ3n) is 4.95. The molecule has 148 valence electrons. The van der Waals surface area contributed by atoms with Crippen LogP contribution in [0.3, 0.4) is 0 Å². The van der Waals surface area contributed by atoms with E-state index in [9.17, 15) is 9.59 Å². The zero-order valence-electron chi connectivity index (χ0n) is 16.2. The average molecular weight is 444 g/mol. The van der Waals surface area contributed by atoms with Crippen LogP contribution in [0.15, 0.2) is 53.0 Å². The lowest BCUT2D eigenvalue weighted by atomic mass is 10.1. The Morgan fingerprint density at radius 2 is 1.82 bits per heavy atom. The quantitative estimate of drug-likeness (QED) is 0.771. The van der Waals surface area contributed by atoms with Gasteiger partial charge in [0, 0.05) is 42.8 Å². The molecule has 1 N–H and O–H groups in total. The van der Waals surface area contributed by atoms with Gasteiger partial charge in [0.05, 0.1) is 6.54 Å². The summed E-state index contributed by atoms with van der Waals surface area (Å²) >= 11 is 3.35. The number of carbonyl (C=O) groups excluding carboxylic acids is 2. The van der Waals surface area contributed by atoms with E-state index in [0.717, 1.165) is 37.1 Å². The Kier molecular flexibility index (Phi) is 7.23. The summed E-state index contributed by atoms with van der Waals surface area (Å²) in [7, 11) is 0. The van der Waals surface area contributed by atoms with Crippen molar-refractivity contribution in [2.24, 2.45) is 0 Å². The first-order chi connectivity index (χ1) is 13.5. The first-order valence-corrected chi connectivity index (χ1v) is 10.4. The van der Waals surface area contributed by atoms with Gasteiger partial charge in [-0.2, -0.15) is 0 Å². The van der Waals surface area contributed by atoms with E-state index in [1.54, 1.807) is 18.2 Å². The maximum atomic E-state index is 12.5. The lowest BCUT2D eigenvalue weighted by Crippen LogP contribution is -2.42. The molecule has 1 fully saturated rings. The predicted octanol–water partition coefficient (Wildman–Crippen LogP) is 3.22. The van der Waals surface area contributed by atoms with Gasteiger partial charge in [0.2, 0.25) is 5.91 Å². The number of halogens is 1. The van der Waals surface area contributed by atoms with Crippen molar-refractivity contribution < 1.29 is 9.59 Å². The monoisotopic (exact) mass is 443 g/mol. The SMILES string of the molecule is Cc1ccc(CN2CCCN(C(=O)CNC(=O)c3cccc(Br)c3)CC2)cc1. The summed E-state index contributed by atoms with van der Waals surface area (Å²) in [5.74, 6) is -0.258. The molecular formula is C22H26BrN3O2. The minimum absolute atomic E-state index is 0.0273. The van der Waals surface area contributed by atoms with Crippen molar-refractivity contribution in [2.75, 3.05) is 32.7 Å². The summed E-state index contributed by atoms with van der Waals surface area (Å²) in [6, 6.07) is 15.8. The molecule has 0 unspecified atom stereocenters. The molecule has 3 rings (SSSR count). The third-order valence-corrected chi connectivity index (χ3v) is 5.45. The summed E-state index contributed by atoms with van der Waals surface area (Å²) in [6.07, 6.45) is 0.942. The Labute approximate surface area is 174 Å². The molecule has 1 aliphatic heterocycles. The van der Waals surface area contributed by atoms with E-state index in [1.807, 2.05) is 11.0 Å². The summed E-state index contributed by atoms with van der Waals surface area (Å²) < 4.78 is 0.840. The fourth-order valence-electron chi connectivity index (χ4n) is 3.33. The average Bonchev–Trinajstić information content (AvgIpc) is 2.93. The number of hydrogen-bond donors (Lipinski definition) is 1. The number of nitrogens with zero attached hydrogens (tertiary/aromatic N) is 2. The highest BCUT2D eigenvalue weighted by Crippen LogP contribution is 2.12. The number of amides is 2. The summed E-state index contributed by atoms with van der Waals surface area (Å²) in [5, 5.41) is 2.74. The zero-order valence-corrected chi connectivity index (χ0v) is 17.7. The maximum absolute atomic E-state index is 12.5. The van der Waals surface area contributed by atoms with E-state index in [0.29, 0.717) is 12.1 Å². The molecule has 1 heterocycles. The second-order valence-corrected chi connectivity index (χ2v) is 8.10. The molecule has 0 aromatic heterocycles. The third kappa shape index (κ3) is 5.91. The van der Waals surface area contributed by atoms with Gasteiger partial charge in [0.15, 0.2) is 0 Å². The highest BCUT2D eigenvalue weighted by atomic mass is 79.9. The summed E-state index contributed by atoms with van der Waals surface area (Å²) in [5.41, 5.74) is 3.11. The van der Waals surface area contributed by atoms with Gasteiger partial charge >= 0.3 is 0 Å². The van der Waals surface area contributed by atoms with Crippen LogP contribution in [0.2, 0.25) is 0 Å². The first-order valence-electron chi connectivity index (χ1n) is 9.61. The molecule has 0 atom stereocenters. The van der Waals surface area contributed by atoms with Gasteiger partial charge in [-0.05, 0) is 37.1 Å². The molecule has 28 heavy (non-hydrogen) atoms. The van der Waals surface area contributed by atoms with Crippen molar-refractivity contribution in [1.82, 2.24) is 15.1 Å². The van der Waals surface area contributed by atoms with Crippen molar-refractivity contribution in [3.8, 4) is 0 Å². The smallest absolute Gasteiger partial charge is 0.251 e. The van der Waals surface area contributed by atoms with E-state index >= 15 is 0 Å². The predicted molar refractivity (Wildman–Crippen MR) is 114 cm³/mol. The molecule has 1 aliphatic rings. The first kappa shape index (κ1) is 20.6. The topological polar surface area (TPSA) is 52.6 Å². The van der Waals surface area contributed by atoms with Gasteiger partial charge in [-0.25, -0.2) is 0 Å². The molecule has 6 heteroatoms. The fourth-order valence-corrected chi connectivity index (χ4v) is 3.73. The highest BCUT2D eigenvalue weighted by Gasteiger charge is 2.19. The van der Waals surface area contributed by atoms with Crippen molar-refractivity contribution in [2.45, 2.75) is 19.9 Å². The Hall–Kier alpha value is -2.18. The standard InChI is InChI=1S/C22H26BrN3O2/c1-17-6-8-18(9-7-17)16-25-10-3-11-26(13-12-25)21(27)15-24-22(28)19-4-2-5-20(23)14-19/h2,4-9,14H,3,10-13,15-16H2,1H3,(H,24,28). The maximum Gasteiger partial charge on any atom is 0.251 e. The van der Waals surface area contributed by atoms with Crippen molar-refractivity contribution in [3.63, 3.8) is 0 Å². The largest absolute Gasteiger partial charge is 0.343 e. The van der Waals surface area contributed by atoms with Crippen LogP contribution >= 0.6 is 15.9 Å². The number of benzene rings is 2. The molecule has 1 saturated heterocycles. The Morgan fingerprint density at radius 1 is 1.04 bits per heavy atom. The number of carbonyl (C=O) groups is 2. The second kappa shape index (κ2) is 9.85. The fraction of sp³-hybridized carbons (Fsp3) is 0.364. The van der Waals surface area contributed by atoms with Crippen LogP contribution < -0.4 is 5.32 Å². The van der Waals surface area contributed by atoms with Crippen LogP contribution in [0.5, 0.6) is 0 Å². The van der Waals surface area contributed by atoms with Gasteiger partial charge in [0.25, 0.3) is 5.91 Å².